The van der Waals surface area contributed by atoms with Gasteiger partial charge in [0.15, 0.2) is 0 Å². The molecule has 1 amide bonds. The average molecular weight is 304 g/mol. The summed E-state index contributed by atoms with van der Waals surface area (Å²) >= 11 is 1.98. The summed E-state index contributed by atoms with van der Waals surface area (Å²) in [6, 6.07) is 1.74. The standard InChI is InChI=1S/C15H20N4OS/c16-3-1-2-13-10-14(12-17-11-13)15(20)18-4-5-19-6-8-21-9-7-19/h10-12H,3-9,16H2,(H,18,20). The number of nitrogens with zero attached hydrogens (tertiary/aromatic N) is 2. The number of nitrogens with two attached hydrogens (primary N) is 1. The van der Waals surface area contributed by atoms with Crippen LogP contribution < -0.4 is 11.1 Å². The maximum absolute atomic E-state index is 12.1. The lowest BCUT2D eigenvalue weighted by Crippen LogP contribution is -2.39. The molecule has 1 fully saturated rings. The Morgan fingerprint density at radius 3 is 3.00 bits per heavy atom. The summed E-state index contributed by atoms with van der Waals surface area (Å²) in [5.41, 5.74) is 6.58. The smallest absolute Gasteiger partial charge is 0.252 e. The van der Waals surface area contributed by atoms with Crippen LogP contribution in [0.2, 0.25) is 0 Å². The van der Waals surface area contributed by atoms with E-state index in [0.717, 1.165) is 19.6 Å². The molecule has 5 nitrogen and oxygen atoms in total. The van der Waals surface area contributed by atoms with Crippen LogP contribution in [0, 0.1) is 11.8 Å². The number of nitrogens with one attached hydrogen (secondary N) is 1. The summed E-state index contributed by atoms with van der Waals surface area (Å²) in [6.07, 6.45) is 3.19. The van der Waals surface area contributed by atoms with Gasteiger partial charge in [0, 0.05) is 55.6 Å². The number of carbonyl (C=O) groups is 1. The van der Waals surface area contributed by atoms with Gasteiger partial charge in [0.25, 0.3) is 5.91 Å². The highest BCUT2D eigenvalue weighted by Crippen LogP contribution is 2.08. The van der Waals surface area contributed by atoms with Crippen molar-refractivity contribution in [1.82, 2.24) is 15.2 Å². The second-order valence-corrected chi connectivity index (χ2v) is 5.90. The van der Waals surface area contributed by atoms with Crippen molar-refractivity contribution >= 4 is 17.7 Å². The van der Waals surface area contributed by atoms with E-state index in [0.29, 0.717) is 24.2 Å². The van der Waals surface area contributed by atoms with E-state index in [-0.39, 0.29) is 5.91 Å². The quantitative estimate of drug-likeness (QED) is 0.776. The molecule has 1 aromatic rings. The minimum absolute atomic E-state index is 0.106. The SMILES string of the molecule is NCC#Cc1cncc(C(=O)NCCN2CCSCC2)c1. The second-order valence-electron chi connectivity index (χ2n) is 4.68. The van der Waals surface area contributed by atoms with E-state index in [1.54, 1.807) is 18.5 Å². The molecular formula is C15H20N4OS. The first-order valence-corrected chi connectivity index (χ1v) is 8.17. The van der Waals surface area contributed by atoms with Gasteiger partial charge in [-0.1, -0.05) is 11.8 Å². The van der Waals surface area contributed by atoms with Crippen molar-refractivity contribution in [2.45, 2.75) is 0 Å². The Hall–Kier alpha value is -1.55. The molecule has 3 N–H and O–H groups in total. The molecule has 2 rings (SSSR count). The molecule has 0 aromatic carbocycles. The predicted molar refractivity (Wildman–Crippen MR) is 86.3 cm³/mol. The van der Waals surface area contributed by atoms with Gasteiger partial charge >= 0.3 is 0 Å². The van der Waals surface area contributed by atoms with Crippen molar-refractivity contribution in [3.63, 3.8) is 0 Å². The van der Waals surface area contributed by atoms with E-state index >= 15 is 0 Å². The fourth-order valence-corrected chi connectivity index (χ4v) is 3.02. The zero-order valence-corrected chi connectivity index (χ0v) is 12.8. The van der Waals surface area contributed by atoms with E-state index in [9.17, 15) is 4.79 Å². The lowest BCUT2D eigenvalue weighted by molar-refractivity contribution is 0.0948. The molecule has 0 unspecified atom stereocenters. The lowest BCUT2D eigenvalue weighted by atomic mass is 10.2. The molecule has 0 radical (unpaired) electrons. The Labute approximate surface area is 129 Å². The molecule has 0 atom stereocenters. The first-order chi connectivity index (χ1) is 10.3. The fraction of sp³-hybridized carbons (Fsp3) is 0.467. The molecule has 0 spiro atoms. The largest absolute Gasteiger partial charge is 0.351 e. The number of aromatic nitrogens is 1. The Morgan fingerprint density at radius 1 is 1.43 bits per heavy atom. The van der Waals surface area contributed by atoms with E-state index in [1.165, 1.54) is 11.5 Å². The monoisotopic (exact) mass is 304 g/mol. The Balaban J connectivity index is 1.82. The third-order valence-electron chi connectivity index (χ3n) is 3.15. The lowest BCUT2D eigenvalue weighted by Gasteiger charge is -2.25. The van der Waals surface area contributed by atoms with Gasteiger partial charge in [0.2, 0.25) is 0 Å². The maximum Gasteiger partial charge on any atom is 0.252 e. The highest BCUT2D eigenvalue weighted by atomic mass is 32.2. The minimum Gasteiger partial charge on any atom is -0.351 e. The summed E-state index contributed by atoms with van der Waals surface area (Å²) in [4.78, 5) is 18.5. The third kappa shape index (κ3) is 5.38. The van der Waals surface area contributed by atoms with Crippen LogP contribution in [0.15, 0.2) is 18.5 Å². The molecule has 1 aliphatic heterocycles. The molecule has 0 aliphatic carbocycles. The molecule has 6 heteroatoms. The minimum atomic E-state index is -0.106. The number of thioether (sulfide) groups is 1. The summed E-state index contributed by atoms with van der Waals surface area (Å²) in [5.74, 6) is 7.89. The highest BCUT2D eigenvalue weighted by molar-refractivity contribution is 7.99. The van der Waals surface area contributed by atoms with E-state index < -0.39 is 0 Å². The Kier molecular flexibility index (Phi) is 6.54. The van der Waals surface area contributed by atoms with Gasteiger partial charge in [-0.3, -0.25) is 14.7 Å². The zero-order valence-electron chi connectivity index (χ0n) is 12.0. The molecule has 1 aliphatic rings. The number of amides is 1. The van der Waals surface area contributed by atoms with Gasteiger partial charge in [-0.15, -0.1) is 0 Å². The van der Waals surface area contributed by atoms with Crippen LogP contribution in [-0.4, -0.2) is 60.0 Å². The molecule has 1 aromatic heterocycles. The van der Waals surface area contributed by atoms with Crippen molar-refractivity contribution in [2.75, 3.05) is 44.2 Å². The number of rotatable bonds is 4. The van der Waals surface area contributed by atoms with Crippen LogP contribution in [0.3, 0.4) is 0 Å². The molecule has 0 bridgehead atoms. The van der Waals surface area contributed by atoms with Gasteiger partial charge < -0.3 is 11.1 Å². The topological polar surface area (TPSA) is 71.2 Å². The van der Waals surface area contributed by atoms with Crippen LogP contribution in [0.25, 0.3) is 0 Å². The van der Waals surface area contributed by atoms with Crippen molar-refractivity contribution in [1.29, 1.82) is 0 Å². The summed E-state index contributed by atoms with van der Waals surface area (Å²) in [5, 5.41) is 2.93. The van der Waals surface area contributed by atoms with Crippen molar-refractivity contribution in [3.05, 3.63) is 29.6 Å². The number of hydrogen-bond acceptors (Lipinski definition) is 5. The van der Waals surface area contributed by atoms with Gasteiger partial charge in [-0.25, -0.2) is 0 Å². The third-order valence-corrected chi connectivity index (χ3v) is 4.10. The van der Waals surface area contributed by atoms with Crippen LogP contribution >= 0.6 is 11.8 Å². The van der Waals surface area contributed by atoms with E-state index in [4.69, 9.17) is 5.73 Å². The fourth-order valence-electron chi connectivity index (χ4n) is 2.04. The van der Waals surface area contributed by atoms with Gasteiger partial charge in [0.1, 0.15) is 0 Å². The van der Waals surface area contributed by atoms with Crippen molar-refractivity contribution in [3.8, 4) is 11.8 Å². The molecule has 2 heterocycles. The van der Waals surface area contributed by atoms with Gasteiger partial charge in [0.05, 0.1) is 12.1 Å². The summed E-state index contributed by atoms with van der Waals surface area (Å²) in [7, 11) is 0. The van der Waals surface area contributed by atoms with Gasteiger partial charge in [-0.2, -0.15) is 11.8 Å². The van der Waals surface area contributed by atoms with Crippen molar-refractivity contribution < 1.29 is 4.79 Å². The van der Waals surface area contributed by atoms with Crippen LogP contribution in [0.4, 0.5) is 0 Å². The predicted octanol–water partition coefficient (Wildman–Crippen LogP) is 0.170. The first kappa shape index (κ1) is 15.8. The molecule has 1 saturated heterocycles. The molecule has 21 heavy (non-hydrogen) atoms. The van der Waals surface area contributed by atoms with Crippen LogP contribution in [0.1, 0.15) is 15.9 Å². The highest BCUT2D eigenvalue weighted by Gasteiger charge is 2.11. The maximum atomic E-state index is 12.1. The van der Waals surface area contributed by atoms with E-state index in [2.05, 4.69) is 27.0 Å². The molecular weight excluding hydrogens is 284 g/mol. The normalized spacial score (nSPS) is 15.1. The number of pyridine rings is 1. The number of carbonyl (C=O) groups excluding carboxylic acids is 1. The van der Waals surface area contributed by atoms with E-state index in [1.807, 2.05) is 11.8 Å². The first-order valence-electron chi connectivity index (χ1n) is 7.02. The zero-order chi connectivity index (χ0) is 14.9. The number of hydrogen-bond donors (Lipinski definition) is 2. The summed E-state index contributed by atoms with van der Waals surface area (Å²) < 4.78 is 0. The van der Waals surface area contributed by atoms with Crippen LogP contribution in [0.5, 0.6) is 0 Å². The molecule has 0 saturated carbocycles. The second kappa shape index (κ2) is 8.67. The Morgan fingerprint density at radius 2 is 2.24 bits per heavy atom. The van der Waals surface area contributed by atoms with Gasteiger partial charge in [-0.05, 0) is 6.07 Å². The Bertz CT molecular complexity index is 532. The average Bonchev–Trinajstić information content (AvgIpc) is 2.54. The molecule has 112 valence electrons. The van der Waals surface area contributed by atoms with Crippen molar-refractivity contribution in [2.24, 2.45) is 5.73 Å². The van der Waals surface area contributed by atoms with Crippen LogP contribution in [-0.2, 0) is 0 Å². The summed E-state index contributed by atoms with van der Waals surface area (Å²) in [6.45, 7) is 4.05.